The lowest BCUT2D eigenvalue weighted by molar-refractivity contribution is -0.301. The van der Waals surface area contributed by atoms with E-state index in [1.54, 1.807) is 0 Å². The topological polar surface area (TPSA) is 178 Å². The Balaban J connectivity index is 2.33. The van der Waals surface area contributed by atoms with Crippen molar-refractivity contribution in [1.29, 1.82) is 0 Å². The predicted molar refractivity (Wildman–Crippen MR) is 253 cm³/mol. The monoisotopic (exact) mass is 913 g/mol. The van der Waals surface area contributed by atoms with E-state index in [0.29, 0.717) is 13.0 Å². The van der Waals surface area contributed by atoms with E-state index in [9.17, 15) is 28.5 Å². The first-order valence-electron chi connectivity index (χ1n) is 24.5. The molecule has 1 aliphatic rings. The fraction of sp³-hybridized carbons (Fsp3) is 0.780. The largest absolute Gasteiger partial charge is 0.457 e. The molecule has 0 bridgehead atoms. The summed E-state index contributed by atoms with van der Waals surface area (Å²) in [5.41, 5.74) is 0. The van der Waals surface area contributed by atoms with Gasteiger partial charge in [-0.3, -0.25) is 9.35 Å². The zero-order chi connectivity index (χ0) is 46.1. The van der Waals surface area contributed by atoms with E-state index >= 15 is 0 Å². The summed E-state index contributed by atoms with van der Waals surface area (Å²) in [4.78, 5) is 12.8. The lowest BCUT2D eigenvalue weighted by Gasteiger charge is -2.41. The van der Waals surface area contributed by atoms with Crippen LogP contribution < -0.4 is 0 Å². The molecule has 1 saturated heterocycles. The van der Waals surface area contributed by atoms with Crippen LogP contribution in [0.3, 0.4) is 0 Å². The number of rotatable bonds is 42. The molecule has 0 aliphatic carbocycles. The van der Waals surface area contributed by atoms with Gasteiger partial charge >= 0.3 is 16.4 Å². The highest BCUT2D eigenvalue weighted by molar-refractivity contribution is 7.80. The summed E-state index contributed by atoms with van der Waals surface area (Å²) in [6, 6.07) is 0. The van der Waals surface area contributed by atoms with E-state index < -0.39 is 59.8 Å². The Labute approximate surface area is 382 Å². The lowest BCUT2D eigenvalue weighted by Crippen LogP contribution is -2.60. The molecule has 1 heterocycles. The Hall–Kier alpha value is -2.20. The van der Waals surface area contributed by atoms with Crippen molar-refractivity contribution in [3.8, 4) is 0 Å². The van der Waals surface area contributed by atoms with Gasteiger partial charge in [-0.2, -0.15) is 8.42 Å². The standard InChI is InChI=1S/C50H88O12S/c1-3-5-7-9-11-13-15-17-18-19-20-21-22-23-24-25-26-27-28-30-32-34-36-38-40-58-42-44(60-46(52)39-37-35-33-31-29-16-14-12-10-8-6-4-2)43-59-50-48(54)49(62-63(55,56)57)47(53)45(41-51)61-50/h5,7,11-14,17-18,20-21,44-45,47-51,53-54H,3-4,6,8-10,15-16,19,22-43H2,1-2H3,(H,55,56,57)/b7-5-,13-11-,14-12-,18-17-,21-20-. The Morgan fingerprint density at radius 2 is 1.10 bits per heavy atom. The number of hydrogen-bond acceptors (Lipinski definition) is 11. The highest BCUT2D eigenvalue weighted by Crippen LogP contribution is 2.26. The van der Waals surface area contributed by atoms with Crippen molar-refractivity contribution in [3.05, 3.63) is 60.8 Å². The number of ether oxygens (including phenoxy) is 4. The molecular weight excluding hydrogens is 825 g/mol. The van der Waals surface area contributed by atoms with Crippen molar-refractivity contribution in [2.24, 2.45) is 0 Å². The average molecular weight is 913 g/mol. The highest BCUT2D eigenvalue weighted by atomic mass is 32.3. The quantitative estimate of drug-likeness (QED) is 0.0197. The molecule has 1 aliphatic heterocycles. The molecule has 0 amide bonds. The van der Waals surface area contributed by atoms with Crippen LogP contribution in [0.25, 0.3) is 0 Å². The number of aliphatic hydroxyl groups is 3. The minimum Gasteiger partial charge on any atom is -0.457 e. The number of unbranched alkanes of at least 4 members (excludes halogenated alkanes) is 19. The van der Waals surface area contributed by atoms with Crippen LogP contribution >= 0.6 is 0 Å². The molecule has 0 aromatic carbocycles. The van der Waals surface area contributed by atoms with Crippen LogP contribution in [0.15, 0.2) is 60.8 Å². The third-order valence-electron chi connectivity index (χ3n) is 10.9. The van der Waals surface area contributed by atoms with Gasteiger partial charge in [-0.1, -0.05) is 164 Å². The maximum Gasteiger partial charge on any atom is 0.397 e. The molecule has 4 N–H and O–H groups in total. The van der Waals surface area contributed by atoms with Gasteiger partial charge in [0.05, 0.1) is 19.8 Å². The minimum absolute atomic E-state index is 0.0287. The fourth-order valence-corrected chi connectivity index (χ4v) is 7.70. The zero-order valence-corrected chi connectivity index (χ0v) is 39.9. The van der Waals surface area contributed by atoms with Gasteiger partial charge in [0.25, 0.3) is 0 Å². The summed E-state index contributed by atoms with van der Waals surface area (Å²) in [7, 11) is -5.07. The van der Waals surface area contributed by atoms with E-state index in [0.717, 1.165) is 89.9 Å². The molecular formula is C50H88O12S. The van der Waals surface area contributed by atoms with Gasteiger partial charge in [0.2, 0.25) is 0 Å². The molecule has 0 aromatic rings. The summed E-state index contributed by atoms with van der Waals surface area (Å²) in [5.74, 6) is -0.412. The van der Waals surface area contributed by atoms with Gasteiger partial charge in [-0.05, 0) is 77.0 Å². The fourth-order valence-electron chi connectivity index (χ4n) is 7.19. The van der Waals surface area contributed by atoms with Crippen LogP contribution in [0, 0.1) is 0 Å². The van der Waals surface area contributed by atoms with Gasteiger partial charge in [0.15, 0.2) is 6.29 Å². The first-order chi connectivity index (χ1) is 30.6. The molecule has 13 heteroatoms. The second-order valence-electron chi connectivity index (χ2n) is 16.7. The van der Waals surface area contributed by atoms with Gasteiger partial charge in [-0.25, -0.2) is 4.18 Å². The van der Waals surface area contributed by atoms with Crippen LogP contribution in [0.5, 0.6) is 0 Å². The Morgan fingerprint density at radius 3 is 1.62 bits per heavy atom. The number of esters is 1. The average Bonchev–Trinajstić information content (AvgIpc) is 3.26. The summed E-state index contributed by atoms with van der Waals surface area (Å²) in [5, 5.41) is 30.7. The van der Waals surface area contributed by atoms with Crippen LogP contribution in [-0.2, 0) is 38.3 Å². The smallest absolute Gasteiger partial charge is 0.397 e. The summed E-state index contributed by atoms with van der Waals surface area (Å²) >= 11 is 0. The Bertz CT molecular complexity index is 1330. The first-order valence-corrected chi connectivity index (χ1v) is 25.9. The summed E-state index contributed by atoms with van der Waals surface area (Å²) in [6.45, 7) is 3.83. The number of aliphatic hydroxyl groups excluding tert-OH is 3. The number of carbonyl (C=O) groups is 1. The number of allylic oxidation sites excluding steroid dienone is 10. The maximum atomic E-state index is 12.8. The van der Waals surface area contributed by atoms with Gasteiger partial charge in [0, 0.05) is 13.0 Å². The second kappa shape index (κ2) is 41.2. The van der Waals surface area contributed by atoms with E-state index in [4.69, 9.17) is 23.5 Å². The van der Waals surface area contributed by atoms with Crippen molar-refractivity contribution in [3.63, 3.8) is 0 Å². The number of hydrogen-bond donors (Lipinski definition) is 4. The van der Waals surface area contributed by atoms with Crippen molar-refractivity contribution in [2.75, 3.05) is 26.4 Å². The van der Waals surface area contributed by atoms with E-state index in [1.165, 1.54) is 70.6 Å². The molecule has 12 nitrogen and oxygen atoms in total. The Kier molecular flexibility index (Phi) is 38.5. The van der Waals surface area contributed by atoms with Crippen LogP contribution in [0.4, 0.5) is 0 Å². The molecule has 63 heavy (non-hydrogen) atoms. The SMILES string of the molecule is CC/C=C\C/C=C\C/C=C\C/C=C\CCCCCCCCCCCCCOCC(COC1OC(CO)C(O)C(OS(=O)(=O)O)C1O)OC(=O)CCCCCCC/C=C\CCCCC. The molecule has 1 rings (SSSR count). The molecule has 0 saturated carbocycles. The van der Waals surface area contributed by atoms with Crippen LogP contribution in [-0.4, -0.2) is 97.5 Å². The van der Waals surface area contributed by atoms with Gasteiger partial charge in [0.1, 0.15) is 30.5 Å². The summed E-state index contributed by atoms with van der Waals surface area (Å²) < 4.78 is 59.1. The maximum absolute atomic E-state index is 12.8. The lowest BCUT2D eigenvalue weighted by atomic mass is 9.99. The van der Waals surface area contributed by atoms with Crippen molar-refractivity contribution < 1.29 is 56.2 Å². The Morgan fingerprint density at radius 1 is 0.619 bits per heavy atom. The third kappa shape index (κ3) is 34.8. The normalized spacial score (nSPS) is 20.4. The van der Waals surface area contributed by atoms with Crippen LogP contribution in [0.2, 0.25) is 0 Å². The third-order valence-corrected chi connectivity index (χ3v) is 11.3. The van der Waals surface area contributed by atoms with Gasteiger partial charge < -0.3 is 34.3 Å². The molecule has 6 atom stereocenters. The van der Waals surface area contributed by atoms with E-state index in [1.807, 2.05) is 0 Å². The van der Waals surface area contributed by atoms with Crippen molar-refractivity contribution in [1.82, 2.24) is 0 Å². The van der Waals surface area contributed by atoms with E-state index in [-0.39, 0.29) is 19.6 Å². The first kappa shape index (κ1) is 58.8. The minimum atomic E-state index is -5.07. The zero-order valence-electron chi connectivity index (χ0n) is 39.1. The number of carbonyl (C=O) groups excluding carboxylic acids is 1. The molecule has 0 aromatic heterocycles. The van der Waals surface area contributed by atoms with Crippen molar-refractivity contribution in [2.45, 2.75) is 224 Å². The molecule has 0 radical (unpaired) electrons. The molecule has 6 unspecified atom stereocenters. The second-order valence-corrected chi connectivity index (χ2v) is 17.7. The summed E-state index contributed by atoms with van der Waals surface area (Å²) in [6.07, 6.45) is 42.6. The van der Waals surface area contributed by atoms with E-state index in [2.05, 4.69) is 78.8 Å². The molecule has 366 valence electrons. The predicted octanol–water partition coefficient (Wildman–Crippen LogP) is 10.9. The molecule has 0 spiro atoms. The molecule has 1 fully saturated rings. The van der Waals surface area contributed by atoms with Crippen LogP contribution in [0.1, 0.15) is 187 Å². The highest BCUT2D eigenvalue weighted by Gasteiger charge is 2.48. The van der Waals surface area contributed by atoms with Crippen molar-refractivity contribution >= 4 is 16.4 Å². The van der Waals surface area contributed by atoms with Gasteiger partial charge in [-0.15, -0.1) is 0 Å².